The monoisotopic (exact) mass is 287 g/mol. The first-order chi connectivity index (χ1) is 9.24. The molecule has 0 N–H and O–H groups in total. The van der Waals surface area contributed by atoms with E-state index in [0.717, 1.165) is 0 Å². The van der Waals surface area contributed by atoms with Gasteiger partial charge in [-0.25, -0.2) is 14.0 Å². The van der Waals surface area contributed by atoms with Gasteiger partial charge in [-0.1, -0.05) is 0 Å². The molecule has 20 heavy (non-hydrogen) atoms. The first-order valence-electron chi connectivity index (χ1n) is 6.98. The number of hydrogen-bond donors (Lipinski definition) is 0. The molecule has 114 valence electrons. The lowest BCUT2D eigenvalue weighted by Crippen LogP contribution is -2.64. The molecule has 0 spiro atoms. The maximum Gasteiger partial charge on any atom is 0.411 e. The molecule has 3 fully saturated rings. The Morgan fingerprint density at radius 1 is 1.25 bits per heavy atom. The number of fused-ring (bicyclic) bond motifs is 3. The normalized spacial score (nSPS) is 33.0. The van der Waals surface area contributed by atoms with Gasteiger partial charge in [0, 0.05) is 12.0 Å². The molecule has 0 aromatic rings. The molecule has 4 atom stereocenters. The number of ether oxygens (including phenoxy) is 2. The van der Waals surface area contributed by atoms with Gasteiger partial charge in [0.1, 0.15) is 17.8 Å². The number of halogens is 1. The van der Waals surface area contributed by atoms with Crippen LogP contribution in [0.4, 0.5) is 9.18 Å². The van der Waals surface area contributed by atoms with Crippen molar-refractivity contribution in [3.63, 3.8) is 0 Å². The minimum absolute atomic E-state index is 0.275. The number of esters is 1. The summed E-state index contributed by atoms with van der Waals surface area (Å²) >= 11 is 0. The fourth-order valence-corrected chi connectivity index (χ4v) is 3.15. The molecule has 6 heteroatoms. The third kappa shape index (κ3) is 2.74. The molecule has 2 heterocycles. The third-order valence-electron chi connectivity index (χ3n) is 3.94. The number of nitrogens with zero attached hydrogens (tertiary/aromatic N) is 1. The first-order valence-corrected chi connectivity index (χ1v) is 6.98. The molecule has 0 radical (unpaired) electrons. The zero-order valence-electron chi connectivity index (χ0n) is 12.4. The van der Waals surface area contributed by atoms with Crippen molar-refractivity contribution in [2.75, 3.05) is 7.11 Å². The summed E-state index contributed by atoms with van der Waals surface area (Å²) < 4.78 is 24.1. The van der Waals surface area contributed by atoms with Crippen LogP contribution in [0.5, 0.6) is 0 Å². The van der Waals surface area contributed by atoms with Gasteiger partial charge in [-0.15, -0.1) is 0 Å². The predicted molar refractivity (Wildman–Crippen MR) is 69.9 cm³/mol. The number of carbonyl (C=O) groups is 2. The molecule has 3 aliphatic rings. The van der Waals surface area contributed by atoms with Gasteiger partial charge < -0.3 is 9.47 Å². The van der Waals surface area contributed by atoms with Crippen LogP contribution in [0.1, 0.15) is 40.0 Å². The van der Waals surface area contributed by atoms with Crippen molar-refractivity contribution >= 4 is 12.1 Å². The van der Waals surface area contributed by atoms with E-state index in [1.807, 2.05) is 0 Å². The SMILES string of the molecule is COC(=O)C1C2CCC(CC2F)N1C(=O)OC(C)(C)C. The summed E-state index contributed by atoms with van der Waals surface area (Å²) in [6.45, 7) is 5.29. The zero-order chi connectivity index (χ0) is 15.1. The Balaban J connectivity index is 2.24. The van der Waals surface area contributed by atoms with Gasteiger partial charge in [0.2, 0.25) is 0 Å². The summed E-state index contributed by atoms with van der Waals surface area (Å²) in [5, 5.41) is 0. The van der Waals surface area contributed by atoms with Crippen molar-refractivity contribution in [3.05, 3.63) is 0 Å². The van der Waals surface area contributed by atoms with Crippen LogP contribution in [0.3, 0.4) is 0 Å². The standard InChI is InChI=1S/C14H22FNO4/c1-14(2,3)20-13(18)16-8-5-6-9(10(15)7-8)11(16)12(17)19-4/h8-11H,5-7H2,1-4H3. The molecule has 2 saturated heterocycles. The summed E-state index contributed by atoms with van der Waals surface area (Å²) in [4.78, 5) is 25.6. The molecular formula is C14H22FNO4. The smallest absolute Gasteiger partial charge is 0.411 e. The van der Waals surface area contributed by atoms with E-state index in [-0.39, 0.29) is 12.5 Å². The van der Waals surface area contributed by atoms with Gasteiger partial charge in [-0.2, -0.15) is 0 Å². The van der Waals surface area contributed by atoms with Crippen molar-refractivity contribution in [3.8, 4) is 0 Å². The second-order valence-corrected chi connectivity index (χ2v) is 6.50. The molecule has 1 amide bonds. The maximum atomic E-state index is 14.0. The summed E-state index contributed by atoms with van der Waals surface area (Å²) in [7, 11) is 1.26. The molecule has 2 bridgehead atoms. The van der Waals surface area contributed by atoms with E-state index in [1.54, 1.807) is 20.8 Å². The van der Waals surface area contributed by atoms with E-state index >= 15 is 0 Å². The van der Waals surface area contributed by atoms with E-state index in [9.17, 15) is 14.0 Å². The van der Waals surface area contributed by atoms with Crippen molar-refractivity contribution in [2.45, 2.75) is 63.9 Å². The molecule has 0 aromatic heterocycles. The minimum Gasteiger partial charge on any atom is -0.467 e. The van der Waals surface area contributed by atoms with Crippen molar-refractivity contribution in [2.24, 2.45) is 5.92 Å². The van der Waals surface area contributed by atoms with Gasteiger partial charge in [0.25, 0.3) is 0 Å². The van der Waals surface area contributed by atoms with Crippen LogP contribution in [0.2, 0.25) is 0 Å². The van der Waals surface area contributed by atoms with E-state index in [1.165, 1.54) is 12.0 Å². The predicted octanol–water partition coefficient (Wildman–Crippen LogP) is 2.29. The van der Waals surface area contributed by atoms with E-state index in [4.69, 9.17) is 9.47 Å². The highest BCUT2D eigenvalue weighted by molar-refractivity contribution is 5.82. The molecule has 4 unspecified atom stereocenters. The maximum absolute atomic E-state index is 14.0. The Labute approximate surface area is 118 Å². The molecule has 1 saturated carbocycles. The zero-order valence-corrected chi connectivity index (χ0v) is 12.4. The number of alkyl halides is 1. The molecule has 3 rings (SSSR count). The van der Waals surface area contributed by atoms with Crippen LogP contribution in [-0.2, 0) is 14.3 Å². The van der Waals surface area contributed by atoms with Crippen molar-refractivity contribution < 1.29 is 23.5 Å². The Morgan fingerprint density at radius 2 is 1.90 bits per heavy atom. The Hall–Kier alpha value is -1.33. The molecule has 5 nitrogen and oxygen atoms in total. The quantitative estimate of drug-likeness (QED) is 0.694. The number of amides is 1. The van der Waals surface area contributed by atoms with Crippen LogP contribution in [0.15, 0.2) is 0 Å². The van der Waals surface area contributed by atoms with Crippen LogP contribution >= 0.6 is 0 Å². The summed E-state index contributed by atoms with van der Waals surface area (Å²) in [5.41, 5.74) is -0.649. The molecule has 1 aliphatic carbocycles. The van der Waals surface area contributed by atoms with Gasteiger partial charge in [-0.3, -0.25) is 4.90 Å². The summed E-state index contributed by atoms with van der Waals surface area (Å²) in [6, 6.07) is -1.15. The molecular weight excluding hydrogens is 265 g/mol. The number of carbonyl (C=O) groups excluding carboxylic acids is 2. The summed E-state index contributed by atoms with van der Waals surface area (Å²) in [5.74, 6) is -1.05. The van der Waals surface area contributed by atoms with Gasteiger partial charge >= 0.3 is 12.1 Å². The number of rotatable bonds is 1. The largest absolute Gasteiger partial charge is 0.467 e. The van der Waals surface area contributed by atoms with Gasteiger partial charge in [0.15, 0.2) is 0 Å². The Morgan fingerprint density at radius 3 is 2.40 bits per heavy atom. The second-order valence-electron chi connectivity index (χ2n) is 6.50. The van der Waals surface area contributed by atoms with Gasteiger partial charge in [-0.05, 0) is 40.0 Å². The summed E-state index contributed by atoms with van der Waals surface area (Å²) in [6.07, 6.45) is -0.0360. The molecule has 2 aliphatic heterocycles. The number of methoxy groups -OCH3 is 1. The van der Waals surface area contributed by atoms with Crippen molar-refractivity contribution in [1.29, 1.82) is 0 Å². The van der Waals surface area contributed by atoms with Crippen LogP contribution in [-0.4, -0.2) is 47.9 Å². The van der Waals surface area contributed by atoms with Crippen LogP contribution in [0, 0.1) is 5.92 Å². The minimum atomic E-state index is -1.06. The number of hydrogen-bond acceptors (Lipinski definition) is 4. The highest BCUT2D eigenvalue weighted by Crippen LogP contribution is 2.42. The average Bonchev–Trinajstić information content (AvgIpc) is 2.35. The van der Waals surface area contributed by atoms with E-state index < -0.39 is 35.8 Å². The van der Waals surface area contributed by atoms with Gasteiger partial charge in [0.05, 0.1) is 7.11 Å². The van der Waals surface area contributed by atoms with E-state index in [0.29, 0.717) is 12.8 Å². The lowest BCUT2D eigenvalue weighted by atomic mass is 9.73. The fourth-order valence-electron chi connectivity index (χ4n) is 3.15. The lowest BCUT2D eigenvalue weighted by molar-refractivity contribution is -0.159. The van der Waals surface area contributed by atoms with Crippen LogP contribution < -0.4 is 0 Å². The lowest BCUT2D eigenvalue weighted by Gasteiger charge is -2.50. The second kappa shape index (κ2) is 5.22. The topological polar surface area (TPSA) is 55.8 Å². The average molecular weight is 287 g/mol. The van der Waals surface area contributed by atoms with Crippen molar-refractivity contribution in [1.82, 2.24) is 4.90 Å². The van der Waals surface area contributed by atoms with Crippen LogP contribution in [0.25, 0.3) is 0 Å². The number of piperidine rings is 2. The first kappa shape index (κ1) is 15.1. The third-order valence-corrected chi connectivity index (χ3v) is 3.94. The fraction of sp³-hybridized carbons (Fsp3) is 0.857. The highest BCUT2D eigenvalue weighted by atomic mass is 19.1. The Bertz CT molecular complexity index is 406. The van der Waals surface area contributed by atoms with E-state index in [2.05, 4.69) is 0 Å². The Kier molecular flexibility index (Phi) is 3.93. The molecule has 0 aromatic carbocycles. The highest BCUT2D eigenvalue weighted by Gasteiger charge is 2.53.